The molecule has 0 fully saturated rings. The van der Waals surface area contributed by atoms with E-state index in [2.05, 4.69) is 71.6 Å². The smallest absolute Gasteiger partial charge is 0.182 e. The average molecular weight is 300 g/mol. The summed E-state index contributed by atoms with van der Waals surface area (Å²) in [6.07, 6.45) is 4.27. The molecular weight excluding hydrogens is 282 g/mol. The standard InChI is InChI=1S/C21H18NO/c1-2-8-19-16-22(13-12-17(19)6-1)14-15-23-21-11-5-9-18-7-3-4-10-20(18)21/h1-13,16H,14-15H2/q+1. The molecule has 1 heterocycles. The van der Waals surface area contributed by atoms with E-state index in [0.717, 1.165) is 12.3 Å². The summed E-state index contributed by atoms with van der Waals surface area (Å²) >= 11 is 0. The highest BCUT2D eigenvalue weighted by molar-refractivity contribution is 5.88. The van der Waals surface area contributed by atoms with Crippen molar-refractivity contribution in [3.63, 3.8) is 0 Å². The Labute approximate surface area is 135 Å². The number of hydrogen-bond acceptors (Lipinski definition) is 1. The molecule has 0 N–H and O–H groups in total. The van der Waals surface area contributed by atoms with Crippen LogP contribution < -0.4 is 9.30 Å². The lowest BCUT2D eigenvalue weighted by atomic mass is 10.1. The highest BCUT2D eigenvalue weighted by Crippen LogP contribution is 2.24. The van der Waals surface area contributed by atoms with Gasteiger partial charge in [0.2, 0.25) is 0 Å². The number of hydrogen-bond donors (Lipinski definition) is 0. The van der Waals surface area contributed by atoms with Crippen molar-refractivity contribution in [2.75, 3.05) is 6.61 Å². The zero-order valence-electron chi connectivity index (χ0n) is 12.9. The van der Waals surface area contributed by atoms with Crippen LogP contribution in [0.25, 0.3) is 21.5 Å². The van der Waals surface area contributed by atoms with Crippen molar-refractivity contribution in [3.8, 4) is 5.75 Å². The van der Waals surface area contributed by atoms with E-state index < -0.39 is 0 Å². The Morgan fingerprint density at radius 1 is 0.696 bits per heavy atom. The molecule has 23 heavy (non-hydrogen) atoms. The summed E-state index contributed by atoms with van der Waals surface area (Å²) < 4.78 is 8.19. The molecule has 0 saturated carbocycles. The van der Waals surface area contributed by atoms with Crippen LogP contribution in [0, 0.1) is 0 Å². The molecule has 1 aromatic heterocycles. The van der Waals surface area contributed by atoms with Gasteiger partial charge in [-0.3, -0.25) is 0 Å². The lowest BCUT2D eigenvalue weighted by molar-refractivity contribution is -0.696. The van der Waals surface area contributed by atoms with Gasteiger partial charge < -0.3 is 4.74 Å². The first-order chi connectivity index (χ1) is 11.4. The fourth-order valence-corrected chi connectivity index (χ4v) is 2.90. The summed E-state index contributed by atoms with van der Waals surface area (Å²) in [5, 5.41) is 4.89. The Hall–Kier alpha value is -2.87. The van der Waals surface area contributed by atoms with Crippen LogP contribution in [0.3, 0.4) is 0 Å². The highest BCUT2D eigenvalue weighted by atomic mass is 16.5. The van der Waals surface area contributed by atoms with Crippen molar-refractivity contribution < 1.29 is 9.30 Å². The van der Waals surface area contributed by atoms with Gasteiger partial charge in [0.1, 0.15) is 12.4 Å². The zero-order chi connectivity index (χ0) is 15.5. The molecule has 3 aromatic carbocycles. The largest absolute Gasteiger partial charge is 0.486 e. The van der Waals surface area contributed by atoms with Crippen LogP contribution in [0.5, 0.6) is 5.75 Å². The zero-order valence-corrected chi connectivity index (χ0v) is 12.9. The maximum absolute atomic E-state index is 6.01. The van der Waals surface area contributed by atoms with E-state index in [1.165, 1.54) is 21.5 Å². The Kier molecular flexibility index (Phi) is 3.65. The maximum Gasteiger partial charge on any atom is 0.182 e. The summed E-state index contributed by atoms with van der Waals surface area (Å²) in [6, 6.07) is 25.1. The number of pyridine rings is 1. The molecule has 2 nitrogen and oxygen atoms in total. The van der Waals surface area contributed by atoms with Crippen LogP contribution in [0.1, 0.15) is 0 Å². The highest BCUT2D eigenvalue weighted by Gasteiger charge is 2.05. The van der Waals surface area contributed by atoms with Gasteiger partial charge in [-0.15, -0.1) is 0 Å². The van der Waals surface area contributed by atoms with Crippen LogP contribution in [0.2, 0.25) is 0 Å². The van der Waals surface area contributed by atoms with Crippen LogP contribution in [-0.2, 0) is 6.54 Å². The van der Waals surface area contributed by atoms with Gasteiger partial charge in [0, 0.05) is 16.8 Å². The molecule has 0 bridgehead atoms. The molecule has 0 aliphatic heterocycles. The van der Waals surface area contributed by atoms with Crippen molar-refractivity contribution in [2.45, 2.75) is 6.54 Å². The number of benzene rings is 3. The van der Waals surface area contributed by atoms with Crippen LogP contribution in [0.15, 0.2) is 85.2 Å². The molecule has 0 amide bonds. The maximum atomic E-state index is 6.01. The van der Waals surface area contributed by atoms with Gasteiger partial charge >= 0.3 is 0 Å². The van der Waals surface area contributed by atoms with E-state index in [-0.39, 0.29) is 0 Å². The molecule has 4 rings (SSSR count). The quantitative estimate of drug-likeness (QED) is 0.510. The first-order valence-electron chi connectivity index (χ1n) is 7.88. The number of rotatable bonds is 4. The SMILES string of the molecule is c1ccc2c[n+](CCOc3cccc4ccccc34)ccc2c1. The van der Waals surface area contributed by atoms with Gasteiger partial charge in [-0.05, 0) is 22.9 Å². The van der Waals surface area contributed by atoms with Crippen molar-refractivity contribution in [2.24, 2.45) is 0 Å². The van der Waals surface area contributed by atoms with Gasteiger partial charge in [0.05, 0.1) is 0 Å². The summed E-state index contributed by atoms with van der Waals surface area (Å²) in [5.74, 6) is 0.949. The van der Waals surface area contributed by atoms with Crippen molar-refractivity contribution in [3.05, 3.63) is 85.2 Å². The molecule has 0 unspecified atom stereocenters. The van der Waals surface area contributed by atoms with Gasteiger partial charge in [-0.2, -0.15) is 0 Å². The molecule has 4 aromatic rings. The lowest BCUT2D eigenvalue weighted by Crippen LogP contribution is -2.35. The number of ether oxygens (including phenoxy) is 1. The lowest BCUT2D eigenvalue weighted by Gasteiger charge is -2.08. The second kappa shape index (κ2) is 6.09. The Morgan fingerprint density at radius 2 is 1.43 bits per heavy atom. The van der Waals surface area contributed by atoms with E-state index in [1.807, 2.05) is 18.2 Å². The predicted molar refractivity (Wildman–Crippen MR) is 93.6 cm³/mol. The predicted octanol–water partition coefficient (Wildman–Crippen LogP) is 4.36. The van der Waals surface area contributed by atoms with E-state index in [4.69, 9.17) is 4.74 Å². The average Bonchev–Trinajstić information content (AvgIpc) is 2.62. The van der Waals surface area contributed by atoms with Crippen LogP contribution >= 0.6 is 0 Å². The molecule has 0 aliphatic carbocycles. The number of fused-ring (bicyclic) bond motifs is 2. The Bertz CT molecular complexity index is 956. The minimum absolute atomic E-state index is 0.650. The van der Waals surface area contributed by atoms with Gasteiger partial charge in [0.15, 0.2) is 18.9 Å². The summed E-state index contributed by atoms with van der Waals surface area (Å²) in [7, 11) is 0. The topological polar surface area (TPSA) is 13.1 Å². The molecule has 0 radical (unpaired) electrons. The monoisotopic (exact) mass is 300 g/mol. The molecule has 0 spiro atoms. The number of nitrogens with zero attached hydrogens (tertiary/aromatic N) is 1. The van der Waals surface area contributed by atoms with Crippen molar-refractivity contribution in [1.29, 1.82) is 0 Å². The fourth-order valence-electron chi connectivity index (χ4n) is 2.90. The normalized spacial score (nSPS) is 11.0. The molecule has 0 saturated heterocycles. The van der Waals surface area contributed by atoms with Crippen molar-refractivity contribution >= 4 is 21.5 Å². The van der Waals surface area contributed by atoms with Gasteiger partial charge in [0.25, 0.3) is 0 Å². The molecule has 112 valence electrons. The first kappa shape index (κ1) is 13.8. The third-order valence-corrected chi connectivity index (χ3v) is 4.10. The van der Waals surface area contributed by atoms with E-state index in [0.29, 0.717) is 6.61 Å². The number of aromatic nitrogens is 1. The first-order valence-corrected chi connectivity index (χ1v) is 7.88. The second-order valence-corrected chi connectivity index (χ2v) is 5.64. The fraction of sp³-hybridized carbons (Fsp3) is 0.0952. The second-order valence-electron chi connectivity index (χ2n) is 5.64. The third-order valence-electron chi connectivity index (χ3n) is 4.10. The molecular formula is C21H18NO+. The molecule has 0 atom stereocenters. The summed E-state index contributed by atoms with van der Waals surface area (Å²) in [4.78, 5) is 0. The molecule has 2 heteroatoms. The third kappa shape index (κ3) is 2.88. The van der Waals surface area contributed by atoms with E-state index >= 15 is 0 Å². The van der Waals surface area contributed by atoms with E-state index in [9.17, 15) is 0 Å². The van der Waals surface area contributed by atoms with Gasteiger partial charge in [-0.25, -0.2) is 4.57 Å². The van der Waals surface area contributed by atoms with Gasteiger partial charge in [-0.1, -0.05) is 54.6 Å². The van der Waals surface area contributed by atoms with Crippen LogP contribution in [-0.4, -0.2) is 6.61 Å². The Balaban J connectivity index is 1.50. The molecule has 0 aliphatic rings. The van der Waals surface area contributed by atoms with Crippen LogP contribution in [0.4, 0.5) is 0 Å². The van der Waals surface area contributed by atoms with Crippen molar-refractivity contribution in [1.82, 2.24) is 0 Å². The minimum atomic E-state index is 0.650. The Morgan fingerprint density at radius 3 is 2.35 bits per heavy atom. The summed E-state index contributed by atoms with van der Waals surface area (Å²) in [6.45, 7) is 1.48. The van der Waals surface area contributed by atoms with E-state index in [1.54, 1.807) is 0 Å². The minimum Gasteiger partial charge on any atom is -0.486 e. The summed E-state index contributed by atoms with van der Waals surface area (Å²) in [5.41, 5.74) is 0.